The van der Waals surface area contributed by atoms with Crippen molar-refractivity contribution in [3.8, 4) is 0 Å². The van der Waals surface area contributed by atoms with Crippen LogP contribution in [0.3, 0.4) is 0 Å². The van der Waals surface area contributed by atoms with Crippen LogP contribution in [0.15, 0.2) is 24.8 Å². The summed E-state index contributed by atoms with van der Waals surface area (Å²) in [5.74, 6) is 0.970. The molecule has 0 fully saturated rings. The fraction of sp³-hybridized carbons (Fsp3) is 0.417. The number of nitrogens with zero attached hydrogens (tertiary/aromatic N) is 1. The molecule has 0 saturated carbocycles. The number of anilines is 1. The Hall–Kier alpha value is -1.31. The first-order valence-electron chi connectivity index (χ1n) is 5.17. The smallest absolute Gasteiger partial charge is 0.126 e. The second-order valence-corrected chi connectivity index (χ2v) is 3.82. The quantitative estimate of drug-likeness (QED) is 0.737. The van der Waals surface area contributed by atoms with Crippen molar-refractivity contribution in [3.05, 3.63) is 36.0 Å². The van der Waals surface area contributed by atoms with E-state index < -0.39 is 0 Å². The predicted molar refractivity (Wildman–Crippen MR) is 59.5 cm³/mol. The zero-order valence-corrected chi connectivity index (χ0v) is 8.59. The van der Waals surface area contributed by atoms with Crippen molar-refractivity contribution in [2.24, 2.45) is 0 Å². The SMILES string of the molecule is C=CC(C)Nc1ccc2c(n1)CCC2. The summed E-state index contributed by atoms with van der Waals surface area (Å²) in [6.07, 6.45) is 5.46. The van der Waals surface area contributed by atoms with Crippen LogP contribution in [-0.2, 0) is 12.8 Å². The van der Waals surface area contributed by atoms with Gasteiger partial charge in [-0.25, -0.2) is 4.98 Å². The molecule has 1 unspecified atom stereocenters. The molecule has 1 N–H and O–H groups in total. The summed E-state index contributed by atoms with van der Waals surface area (Å²) in [4.78, 5) is 4.58. The Kier molecular flexibility index (Phi) is 2.53. The topological polar surface area (TPSA) is 24.9 Å². The zero-order valence-electron chi connectivity index (χ0n) is 8.59. The Morgan fingerprint density at radius 2 is 2.36 bits per heavy atom. The molecule has 2 nitrogen and oxygen atoms in total. The van der Waals surface area contributed by atoms with Crippen molar-refractivity contribution in [1.82, 2.24) is 4.98 Å². The lowest BCUT2D eigenvalue weighted by Crippen LogP contribution is -2.12. The fourth-order valence-electron chi connectivity index (χ4n) is 1.79. The minimum atomic E-state index is 0.280. The third-order valence-corrected chi connectivity index (χ3v) is 2.66. The van der Waals surface area contributed by atoms with Gasteiger partial charge in [-0.2, -0.15) is 0 Å². The molecule has 0 aromatic carbocycles. The number of aromatic nitrogens is 1. The van der Waals surface area contributed by atoms with Crippen LogP contribution < -0.4 is 5.32 Å². The summed E-state index contributed by atoms with van der Waals surface area (Å²) >= 11 is 0. The molecule has 0 saturated heterocycles. The number of fused-ring (bicyclic) bond motifs is 1. The zero-order chi connectivity index (χ0) is 9.97. The van der Waals surface area contributed by atoms with Crippen LogP contribution in [0.4, 0.5) is 5.82 Å². The molecule has 0 spiro atoms. The number of pyridine rings is 1. The second kappa shape index (κ2) is 3.82. The van der Waals surface area contributed by atoms with Gasteiger partial charge < -0.3 is 5.32 Å². The van der Waals surface area contributed by atoms with E-state index >= 15 is 0 Å². The summed E-state index contributed by atoms with van der Waals surface area (Å²) < 4.78 is 0. The van der Waals surface area contributed by atoms with E-state index in [0.29, 0.717) is 0 Å². The molecule has 14 heavy (non-hydrogen) atoms. The molecular weight excluding hydrogens is 172 g/mol. The number of hydrogen-bond acceptors (Lipinski definition) is 2. The van der Waals surface area contributed by atoms with Crippen LogP contribution in [0.1, 0.15) is 24.6 Å². The number of aryl methyl sites for hydroxylation is 2. The van der Waals surface area contributed by atoms with Crippen molar-refractivity contribution in [1.29, 1.82) is 0 Å². The summed E-state index contributed by atoms with van der Waals surface area (Å²) in [5.41, 5.74) is 2.69. The molecular formula is C12H16N2. The molecule has 2 rings (SSSR count). The normalized spacial score (nSPS) is 16.1. The Bertz CT molecular complexity index is 344. The van der Waals surface area contributed by atoms with E-state index in [-0.39, 0.29) is 6.04 Å². The van der Waals surface area contributed by atoms with E-state index in [4.69, 9.17) is 0 Å². The minimum Gasteiger partial charge on any atom is -0.364 e. The summed E-state index contributed by atoms with van der Waals surface area (Å²) in [7, 11) is 0. The van der Waals surface area contributed by atoms with Gasteiger partial charge in [0.15, 0.2) is 0 Å². The third-order valence-electron chi connectivity index (χ3n) is 2.66. The highest BCUT2D eigenvalue weighted by molar-refractivity contribution is 5.41. The van der Waals surface area contributed by atoms with Gasteiger partial charge in [-0.3, -0.25) is 0 Å². The van der Waals surface area contributed by atoms with E-state index in [1.165, 1.54) is 24.1 Å². The fourth-order valence-corrected chi connectivity index (χ4v) is 1.79. The highest BCUT2D eigenvalue weighted by Gasteiger charge is 2.12. The Balaban J connectivity index is 2.16. The van der Waals surface area contributed by atoms with Crippen molar-refractivity contribution in [2.45, 2.75) is 32.2 Å². The van der Waals surface area contributed by atoms with Gasteiger partial charge in [-0.1, -0.05) is 12.1 Å². The first-order chi connectivity index (χ1) is 6.79. The predicted octanol–water partition coefficient (Wildman–Crippen LogP) is 2.56. The van der Waals surface area contributed by atoms with Gasteiger partial charge in [0, 0.05) is 11.7 Å². The Morgan fingerprint density at radius 3 is 3.14 bits per heavy atom. The first kappa shape index (κ1) is 9.25. The van der Waals surface area contributed by atoms with Crippen molar-refractivity contribution < 1.29 is 0 Å². The molecule has 1 aromatic rings. The molecule has 1 aliphatic rings. The monoisotopic (exact) mass is 188 g/mol. The largest absolute Gasteiger partial charge is 0.364 e. The van der Waals surface area contributed by atoms with Crippen LogP contribution >= 0.6 is 0 Å². The maximum Gasteiger partial charge on any atom is 0.126 e. The van der Waals surface area contributed by atoms with Crippen molar-refractivity contribution in [2.75, 3.05) is 5.32 Å². The van der Waals surface area contributed by atoms with Gasteiger partial charge in [0.2, 0.25) is 0 Å². The summed E-state index contributed by atoms with van der Waals surface area (Å²) in [5, 5.41) is 3.29. The number of nitrogens with one attached hydrogen (secondary N) is 1. The molecule has 1 heterocycles. The van der Waals surface area contributed by atoms with Crippen LogP contribution in [0.5, 0.6) is 0 Å². The lowest BCUT2D eigenvalue weighted by atomic mass is 10.2. The minimum absolute atomic E-state index is 0.280. The van der Waals surface area contributed by atoms with E-state index in [9.17, 15) is 0 Å². The molecule has 0 aliphatic heterocycles. The van der Waals surface area contributed by atoms with Gasteiger partial charge in [-0.05, 0) is 37.8 Å². The highest BCUT2D eigenvalue weighted by atomic mass is 15.0. The number of hydrogen-bond donors (Lipinski definition) is 1. The van der Waals surface area contributed by atoms with E-state index in [1.54, 1.807) is 0 Å². The van der Waals surface area contributed by atoms with Crippen LogP contribution in [0, 0.1) is 0 Å². The van der Waals surface area contributed by atoms with Gasteiger partial charge >= 0.3 is 0 Å². The van der Waals surface area contributed by atoms with E-state index in [2.05, 4.69) is 35.9 Å². The van der Waals surface area contributed by atoms with Crippen molar-refractivity contribution in [3.63, 3.8) is 0 Å². The molecule has 1 atom stereocenters. The summed E-state index contributed by atoms with van der Waals surface area (Å²) in [6.45, 7) is 5.81. The van der Waals surface area contributed by atoms with Crippen LogP contribution in [0.25, 0.3) is 0 Å². The molecule has 2 heteroatoms. The van der Waals surface area contributed by atoms with E-state index in [1.807, 2.05) is 6.08 Å². The molecule has 1 aliphatic carbocycles. The Morgan fingerprint density at radius 1 is 1.50 bits per heavy atom. The summed E-state index contributed by atoms with van der Waals surface area (Å²) in [6, 6.07) is 4.53. The number of rotatable bonds is 3. The third kappa shape index (κ3) is 1.79. The average Bonchev–Trinajstić information content (AvgIpc) is 2.64. The Labute approximate surface area is 85.1 Å². The standard InChI is InChI=1S/C12H16N2/c1-3-9(2)13-12-8-7-10-5-4-6-11(10)14-12/h3,7-9H,1,4-6H2,2H3,(H,13,14). The lowest BCUT2D eigenvalue weighted by Gasteiger charge is -2.10. The molecule has 0 bridgehead atoms. The highest BCUT2D eigenvalue weighted by Crippen LogP contribution is 2.21. The average molecular weight is 188 g/mol. The molecule has 0 radical (unpaired) electrons. The van der Waals surface area contributed by atoms with Gasteiger partial charge in [0.25, 0.3) is 0 Å². The van der Waals surface area contributed by atoms with Gasteiger partial charge in [-0.15, -0.1) is 6.58 Å². The maximum absolute atomic E-state index is 4.58. The maximum atomic E-state index is 4.58. The molecule has 74 valence electrons. The molecule has 1 aromatic heterocycles. The van der Waals surface area contributed by atoms with E-state index in [0.717, 1.165) is 12.2 Å². The first-order valence-corrected chi connectivity index (χ1v) is 5.17. The van der Waals surface area contributed by atoms with Crippen LogP contribution in [0.2, 0.25) is 0 Å². The van der Waals surface area contributed by atoms with Gasteiger partial charge in [0.05, 0.1) is 0 Å². The van der Waals surface area contributed by atoms with Crippen LogP contribution in [-0.4, -0.2) is 11.0 Å². The molecule has 0 amide bonds. The van der Waals surface area contributed by atoms with Crippen molar-refractivity contribution >= 4 is 5.82 Å². The van der Waals surface area contributed by atoms with Gasteiger partial charge in [0.1, 0.15) is 5.82 Å². The second-order valence-electron chi connectivity index (χ2n) is 3.82. The lowest BCUT2D eigenvalue weighted by molar-refractivity contribution is 0.897.